The van der Waals surface area contributed by atoms with Gasteiger partial charge in [0.15, 0.2) is 0 Å². The van der Waals surface area contributed by atoms with Crippen molar-refractivity contribution in [2.24, 2.45) is 0 Å². The molecule has 1 amide bonds. The van der Waals surface area contributed by atoms with Gasteiger partial charge in [-0.05, 0) is 31.0 Å². The number of benzene rings is 1. The van der Waals surface area contributed by atoms with Crippen molar-refractivity contribution in [3.8, 4) is 28.5 Å². The van der Waals surface area contributed by atoms with Crippen LogP contribution in [0.15, 0.2) is 55.1 Å². The molecule has 3 aromatic heterocycles. The molecular weight excluding hydrogens is 418 g/mol. The van der Waals surface area contributed by atoms with Gasteiger partial charge in [0.1, 0.15) is 5.82 Å². The first-order chi connectivity index (χ1) is 16.0. The van der Waals surface area contributed by atoms with E-state index in [2.05, 4.69) is 21.1 Å². The van der Waals surface area contributed by atoms with Crippen molar-refractivity contribution in [3.63, 3.8) is 0 Å². The zero-order valence-electron chi connectivity index (χ0n) is 17.7. The highest BCUT2D eigenvalue weighted by Crippen LogP contribution is 2.31. The minimum absolute atomic E-state index is 0.155. The van der Waals surface area contributed by atoms with Crippen molar-refractivity contribution >= 4 is 22.7 Å². The molecule has 0 spiro atoms. The third-order valence-corrected chi connectivity index (χ3v) is 6.12. The van der Waals surface area contributed by atoms with E-state index in [4.69, 9.17) is 10.8 Å². The Balaban J connectivity index is 1.45. The Morgan fingerprint density at radius 1 is 1.12 bits per heavy atom. The molecule has 0 radical (unpaired) electrons. The van der Waals surface area contributed by atoms with E-state index < -0.39 is 6.09 Å². The van der Waals surface area contributed by atoms with E-state index in [0.29, 0.717) is 35.7 Å². The summed E-state index contributed by atoms with van der Waals surface area (Å²) in [6.07, 6.45) is 7.75. The number of piperidine rings is 1. The fourth-order valence-corrected chi connectivity index (χ4v) is 4.26. The summed E-state index contributed by atoms with van der Waals surface area (Å²) < 4.78 is 1.90. The lowest BCUT2D eigenvalue weighted by atomic mass is 10.0. The molecule has 0 aliphatic carbocycles. The lowest BCUT2D eigenvalue weighted by Gasteiger charge is -2.30. The Morgan fingerprint density at radius 3 is 2.70 bits per heavy atom. The highest BCUT2D eigenvalue weighted by atomic mass is 16.4. The molecule has 0 saturated carbocycles. The van der Waals surface area contributed by atoms with Crippen LogP contribution in [0.1, 0.15) is 24.4 Å². The summed E-state index contributed by atoms with van der Waals surface area (Å²) in [6.45, 7) is 1.00. The van der Waals surface area contributed by atoms with Gasteiger partial charge in [0, 0.05) is 59.1 Å². The maximum Gasteiger partial charge on any atom is 0.407 e. The summed E-state index contributed by atoms with van der Waals surface area (Å²) >= 11 is 0. The third kappa shape index (κ3) is 3.83. The molecule has 1 aliphatic rings. The van der Waals surface area contributed by atoms with Gasteiger partial charge < -0.3 is 15.7 Å². The summed E-state index contributed by atoms with van der Waals surface area (Å²) in [4.78, 5) is 21.5. The van der Waals surface area contributed by atoms with Crippen LogP contribution in [0.2, 0.25) is 0 Å². The van der Waals surface area contributed by atoms with E-state index in [1.54, 1.807) is 24.7 Å². The number of carboxylic acid groups (broad SMARTS) is 1. The lowest BCUT2D eigenvalue weighted by Crippen LogP contribution is -2.38. The standard InChI is InChI=1S/C24H21N7O2/c25-10-15-2-1-3-16-11-27-22(9-20(15)16)21-8-17(12-28-23(21)26)18-13-29-31(14-18)19-4-6-30(7-5-19)24(32)33/h1-3,8-9,11-14,19H,4-7H2,(H2,26,28)(H,32,33). The molecule has 33 heavy (non-hydrogen) atoms. The van der Waals surface area contributed by atoms with Crippen molar-refractivity contribution in [2.45, 2.75) is 18.9 Å². The average molecular weight is 439 g/mol. The zero-order valence-corrected chi connectivity index (χ0v) is 17.7. The Bertz CT molecular complexity index is 1400. The Kier molecular flexibility index (Phi) is 5.11. The largest absolute Gasteiger partial charge is 0.465 e. The number of carbonyl (C=O) groups is 1. The molecule has 1 aromatic carbocycles. The van der Waals surface area contributed by atoms with Gasteiger partial charge in [-0.25, -0.2) is 9.78 Å². The topological polar surface area (TPSA) is 134 Å². The van der Waals surface area contributed by atoms with Crippen molar-refractivity contribution < 1.29 is 9.90 Å². The average Bonchev–Trinajstić information content (AvgIpc) is 3.34. The second kappa shape index (κ2) is 8.24. The highest BCUT2D eigenvalue weighted by Gasteiger charge is 2.24. The highest BCUT2D eigenvalue weighted by molar-refractivity contribution is 5.91. The molecule has 1 fully saturated rings. The Hall–Kier alpha value is -4.45. The molecular formula is C24H21N7O2. The smallest absolute Gasteiger partial charge is 0.407 e. The van der Waals surface area contributed by atoms with E-state index >= 15 is 0 Å². The quantitative estimate of drug-likeness (QED) is 0.494. The van der Waals surface area contributed by atoms with E-state index in [1.807, 2.05) is 35.1 Å². The molecule has 1 aliphatic heterocycles. The predicted molar refractivity (Wildman–Crippen MR) is 123 cm³/mol. The first kappa shape index (κ1) is 20.5. The number of aromatic nitrogens is 4. The van der Waals surface area contributed by atoms with E-state index in [-0.39, 0.29) is 6.04 Å². The summed E-state index contributed by atoms with van der Waals surface area (Å²) in [6, 6.07) is 11.7. The van der Waals surface area contributed by atoms with Crippen LogP contribution < -0.4 is 5.73 Å². The number of anilines is 1. The second-order valence-corrected chi connectivity index (χ2v) is 8.07. The number of pyridine rings is 2. The number of rotatable bonds is 3. The first-order valence-electron chi connectivity index (χ1n) is 10.6. The SMILES string of the molecule is N#Cc1cccc2cnc(-c3cc(-c4cnn(C5CCN(C(=O)O)CC5)c4)cnc3N)cc12. The molecule has 0 atom stereocenters. The van der Waals surface area contributed by atoms with Crippen molar-refractivity contribution in [1.82, 2.24) is 24.6 Å². The number of fused-ring (bicyclic) bond motifs is 1. The normalized spacial score (nSPS) is 14.3. The number of hydrogen-bond acceptors (Lipinski definition) is 6. The van der Waals surface area contributed by atoms with Gasteiger partial charge in [0.2, 0.25) is 0 Å². The lowest BCUT2D eigenvalue weighted by molar-refractivity contribution is 0.124. The maximum absolute atomic E-state index is 11.1. The van der Waals surface area contributed by atoms with Gasteiger partial charge in [-0.3, -0.25) is 9.67 Å². The van der Waals surface area contributed by atoms with Crippen LogP contribution >= 0.6 is 0 Å². The fourth-order valence-electron chi connectivity index (χ4n) is 4.26. The number of nitrogens with zero attached hydrogens (tertiary/aromatic N) is 6. The van der Waals surface area contributed by atoms with Crippen LogP contribution in [-0.4, -0.2) is 48.9 Å². The molecule has 0 bridgehead atoms. The predicted octanol–water partition coefficient (Wildman–Crippen LogP) is 3.93. The molecule has 4 aromatic rings. The van der Waals surface area contributed by atoms with Crippen LogP contribution in [0.4, 0.5) is 10.6 Å². The molecule has 5 rings (SSSR count). The van der Waals surface area contributed by atoms with Crippen molar-refractivity contribution in [3.05, 3.63) is 60.7 Å². The van der Waals surface area contributed by atoms with Gasteiger partial charge in [-0.2, -0.15) is 10.4 Å². The molecule has 1 saturated heterocycles. The molecule has 3 N–H and O–H groups in total. The van der Waals surface area contributed by atoms with Gasteiger partial charge in [-0.15, -0.1) is 0 Å². The number of hydrogen-bond donors (Lipinski definition) is 2. The molecule has 9 heteroatoms. The minimum atomic E-state index is -0.876. The van der Waals surface area contributed by atoms with Gasteiger partial charge in [0.25, 0.3) is 0 Å². The van der Waals surface area contributed by atoms with Gasteiger partial charge in [0.05, 0.1) is 29.6 Å². The molecule has 164 valence electrons. The number of nitrogen functional groups attached to an aromatic ring is 1. The monoisotopic (exact) mass is 439 g/mol. The van der Waals surface area contributed by atoms with Crippen LogP contribution in [0.25, 0.3) is 33.2 Å². The molecule has 4 heterocycles. The summed E-state index contributed by atoms with van der Waals surface area (Å²) in [7, 11) is 0. The molecule has 0 unspecified atom stereocenters. The Labute approximate surface area is 189 Å². The summed E-state index contributed by atoms with van der Waals surface area (Å²) in [5, 5.41) is 24.8. The van der Waals surface area contributed by atoms with E-state index in [9.17, 15) is 10.1 Å². The van der Waals surface area contributed by atoms with Crippen molar-refractivity contribution in [2.75, 3.05) is 18.8 Å². The summed E-state index contributed by atoms with van der Waals surface area (Å²) in [5.41, 5.74) is 9.83. The number of amides is 1. The minimum Gasteiger partial charge on any atom is -0.465 e. The third-order valence-electron chi connectivity index (χ3n) is 6.12. The first-order valence-corrected chi connectivity index (χ1v) is 10.6. The van der Waals surface area contributed by atoms with Gasteiger partial charge >= 0.3 is 6.09 Å². The van der Waals surface area contributed by atoms with Crippen molar-refractivity contribution in [1.29, 1.82) is 5.26 Å². The zero-order chi connectivity index (χ0) is 22.9. The number of likely N-dealkylation sites (tertiary alicyclic amines) is 1. The van der Waals surface area contributed by atoms with E-state index in [0.717, 1.165) is 34.7 Å². The Morgan fingerprint density at radius 2 is 1.94 bits per heavy atom. The fraction of sp³-hybridized carbons (Fsp3) is 0.208. The second-order valence-electron chi connectivity index (χ2n) is 8.07. The van der Waals surface area contributed by atoms with Crippen LogP contribution in [0, 0.1) is 11.3 Å². The maximum atomic E-state index is 11.1. The van der Waals surface area contributed by atoms with Gasteiger partial charge in [-0.1, -0.05) is 12.1 Å². The molecule has 9 nitrogen and oxygen atoms in total. The van der Waals surface area contributed by atoms with Crippen LogP contribution in [0.5, 0.6) is 0 Å². The van der Waals surface area contributed by atoms with Crippen LogP contribution in [-0.2, 0) is 0 Å². The number of nitriles is 1. The van der Waals surface area contributed by atoms with E-state index in [1.165, 1.54) is 4.90 Å². The van der Waals surface area contributed by atoms with Crippen LogP contribution in [0.3, 0.4) is 0 Å². The number of nitrogens with two attached hydrogens (primary N) is 1. The summed E-state index contributed by atoms with van der Waals surface area (Å²) in [5.74, 6) is 0.355.